The Morgan fingerprint density at radius 3 is 2.42 bits per heavy atom. The Morgan fingerprint density at radius 1 is 0.939 bits per heavy atom. The summed E-state index contributed by atoms with van der Waals surface area (Å²) in [6.07, 6.45) is -0.756. The Morgan fingerprint density at radius 2 is 1.70 bits per heavy atom. The molecule has 0 fully saturated rings. The standard InChI is InChI=1S/C26H31NO6/c1-32-26-5-3-2-4-22(26)25(31)17-33-21-9-6-18(7-10-21)12-13-27-15-24(30)19-8-11-23(29)20(14-19)16-28/h2-11,14,24-25,27-31H,12-13,15-17H2,1H3/t24-,25?/m0/s1. The molecule has 0 saturated heterocycles. The van der Waals surface area contributed by atoms with Gasteiger partial charge in [-0.15, -0.1) is 0 Å². The van der Waals surface area contributed by atoms with Crippen molar-refractivity contribution in [3.63, 3.8) is 0 Å². The molecule has 3 aromatic rings. The maximum Gasteiger partial charge on any atom is 0.124 e. The second kappa shape index (κ2) is 12.2. The monoisotopic (exact) mass is 453 g/mol. The van der Waals surface area contributed by atoms with Gasteiger partial charge in [-0.3, -0.25) is 0 Å². The van der Waals surface area contributed by atoms with E-state index in [0.29, 0.717) is 41.3 Å². The Labute approximate surface area is 193 Å². The van der Waals surface area contributed by atoms with Crippen LogP contribution in [0.25, 0.3) is 0 Å². The number of methoxy groups -OCH3 is 1. The minimum absolute atomic E-state index is 0.0168. The summed E-state index contributed by atoms with van der Waals surface area (Å²) < 4.78 is 11.0. The molecule has 5 N–H and O–H groups in total. The third kappa shape index (κ3) is 6.94. The number of rotatable bonds is 12. The number of ether oxygens (including phenoxy) is 2. The predicted molar refractivity (Wildman–Crippen MR) is 125 cm³/mol. The Bertz CT molecular complexity index is 1010. The van der Waals surface area contributed by atoms with Gasteiger partial charge in [0, 0.05) is 17.7 Å². The van der Waals surface area contributed by atoms with Crippen molar-refractivity contribution in [2.75, 3.05) is 26.8 Å². The molecule has 0 aliphatic carbocycles. The predicted octanol–water partition coefficient (Wildman–Crippen LogP) is 2.87. The Hall–Kier alpha value is -3.10. The number of para-hydroxylation sites is 1. The van der Waals surface area contributed by atoms with E-state index in [1.54, 1.807) is 25.3 Å². The number of nitrogens with one attached hydrogen (secondary N) is 1. The molecule has 1 unspecified atom stereocenters. The van der Waals surface area contributed by atoms with Gasteiger partial charge in [-0.2, -0.15) is 0 Å². The topological polar surface area (TPSA) is 111 Å². The zero-order valence-corrected chi connectivity index (χ0v) is 18.6. The minimum Gasteiger partial charge on any atom is -0.508 e. The molecule has 7 nitrogen and oxygen atoms in total. The molecule has 0 aliphatic rings. The van der Waals surface area contributed by atoms with Crippen LogP contribution < -0.4 is 14.8 Å². The van der Waals surface area contributed by atoms with Crippen LogP contribution >= 0.6 is 0 Å². The van der Waals surface area contributed by atoms with Crippen molar-refractivity contribution in [3.05, 3.63) is 89.0 Å². The normalized spacial score (nSPS) is 12.8. The first-order chi connectivity index (χ1) is 16.0. The molecule has 0 aromatic heterocycles. The van der Waals surface area contributed by atoms with Crippen LogP contribution in [0, 0.1) is 0 Å². The van der Waals surface area contributed by atoms with Crippen LogP contribution in [0.4, 0.5) is 0 Å². The first-order valence-electron chi connectivity index (χ1n) is 10.9. The molecule has 176 valence electrons. The van der Waals surface area contributed by atoms with E-state index >= 15 is 0 Å². The number of aliphatic hydroxyl groups is 3. The van der Waals surface area contributed by atoms with Gasteiger partial charge in [-0.25, -0.2) is 0 Å². The molecular formula is C26H31NO6. The summed E-state index contributed by atoms with van der Waals surface area (Å²) in [7, 11) is 1.57. The molecule has 0 bridgehead atoms. The van der Waals surface area contributed by atoms with E-state index in [0.717, 1.165) is 12.0 Å². The van der Waals surface area contributed by atoms with Crippen LogP contribution in [0.1, 0.15) is 34.5 Å². The molecule has 3 rings (SSSR count). The van der Waals surface area contributed by atoms with Crippen molar-refractivity contribution in [2.45, 2.75) is 25.2 Å². The summed E-state index contributed by atoms with van der Waals surface area (Å²) in [5, 5.41) is 42.8. The van der Waals surface area contributed by atoms with Gasteiger partial charge in [0.15, 0.2) is 0 Å². The van der Waals surface area contributed by atoms with Crippen molar-refractivity contribution in [2.24, 2.45) is 0 Å². The number of hydrogen-bond acceptors (Lipinski definition) is 7. The number of phenols is 1. The van der Waals surface area contributed by atoms with Gasteiger partial charge in [0.2, 0.25) is 0 Å². The number of hydrogen-bond donors (Lipinski definition) is 5. The summed E-state index contributed by atoms with van der Waals surface area (Å²) >= 11 is 0. The Balaban J connectivity index is 1.41. The van der Waals surface area contributed by atoms with Gasteiger partial charge in [-0.05, 0) is 54.4 Å². The summed E-state index contributed by atoms with van der Waals surface area (Å²) in [5.41, 5.74) is 2.83. The van der Waals surface area contributed by atoms with E-state index in [1.807, 2.05) is 42.5 Å². The lowest BCUT2D eigenvalue weighted by Gasteiger charge is -2.16. The number of benzene rings is 3. The fourth-order valence-corrected chi connectivity index (χ4v) is 3.49. The maximum atomic E-state index is 10.4. The summed E-state index contributed by atoms with van der Waals surface area (Å²) in [6, 6.07) is 19.7. The first kappa shape index (κ1) is 24.5. The highest BCUT2D eigenvalue weighted by Crippen LogP contribution is 2.26. The molecule has 3 aromatic carbocycles. The van der Waals surface area contributed by atoms with E-state index in [9.17, 15) is 20.4 Å². The van der Waals surface area contributed by atoms with Crippen LogP contribution in [0.5, 0.6) is 17.2 Å². The van der Waals surface area contributed by atoms with Gasteiger partial charge < -0.3 is 35.2 Å². The lowest BCUT2D eigenvalue weighted by Crippen LogP contribution is -2.23. The lowest BCUT2D eigenvalue weighted by molar-refractivity contribution is 0.105. The maximum absolute atomic E-state index is 10.4. The first-order valence-corrected chi connectivity index (χ1v) is 10.9. The molecule has 0 radical (unpaired) electrons. The third-order valence-corrected chi connectivity index (χ3v) is 5.42. The summed E-state index contributed by atoms with van der Waals surface area (Å²) in [4.78, 5) is 0. The highest BCUT2D eigenvalue weighted by atomic mass is 16.5. The lowest BCUT2D eigenvalue weighted by atomic mass is 10.1. The van der Waals surface area contributed by atoms with E-state index in [2.05, 4.69) is 5.32 Å². The van der Waals surface area contributed by atoms with Crippen molar-refractivity contribution in [3.8, 4) is 17.2 Å². The highest BCUT2D eigenvalue weighted by molar-refractivity contribution is 5.37. The average molecular weight is 454 g/mol. The van der Waals surface area contributed by atoms with Crippen LogP contribution in [0.3, 0.4) is 0 Å². The smallest absolute Gasteiger partial charge is 0.124 e. The van der Waals surface area contributed by atoms with Crippen LogP contribution in [-0.4, -0.2) is 47.2 Å². The number of aromatic hydroxyl groups is 1. The second-order valence-corrected chi connectivity index (χ2v) is 7.73. The largest absolute Gasteiger partial charge is 0.508 e. The molecule has 0 amide bonds. The summed E-state index contributed by atoms with van der Waals surface area (Å²) in [6.45, 7) is 0.875. The van der Waals surface area contributed by atoms with Crippen molar-refractivity contribution < 1.29 is 29.9 Å². The van der Waals surface area contributed by atoms with Gasteiger partial charge in [-0.1, -0.05) is 36.4 Å². The van der Waals surface area contributed by atoms with E-state index in [-0.39, 0.29) is 19.0 Å². The highest BCUT2D eigenvalue weighted by Gasteiger charge is 2.13. The zero-order valence-electron chi connectivity index (χ0n) is 18.6. The van der Waals surface area contributed by atoms with E-state index in [1.165, 1.54) is 6.07 Å². The van der Waals surface area contributed by atoms with E-state index < -0.39 is 12.2 Å². The van der Waals surface area contributed by atoms with Gasteiger partial charge in [0.25, 0.3) is 0 Å². The van der Waals surface area contributed by atoms with Gasteiger partial charge >= 0.3 is 0 Å². The van der Waals surface area contributed by atoms with Crippen molar-refractivity contribution in [1.29, 1.82) is 0 Å². The fraction of sp³-hybridized carbons (Fsp3) is 0.308. The van der Waals surface area contributed by atoms with Crippen molar-refractivity contribution in [1.82, 2.24) is 5.32 Å². The van der Waals surface area contributed by atoms with Gasteiger partial charge in [0.1, 0.15) is 30.0 Å². The van der Waals surface area contributed by atoms with E-state index in [4.69, 9.17) is 9.47 Å². The average Bonchev–Trinajstić information content (AvgIpc) is 2.86. The second-order valence-electron chi connectivity index (χ2n) is 7.73. The fourth-order valence-electron chi connectivity index (χ4n) is 3.49. The molecule has 33 heavy (non-hydrogen) atoms. The molecule has 0 aliphatic heterocycles. The van der Waals surface area contributed by atoms with Crippen LogP contribution in [-0.2, 0) is 13.0 Å². The molecule has 2 atom stereocenters. The Kier molecular flexibility index (Phi) is 9.09. The quantitative estimate of drug-likeness (QED) is 0.268. The third-order valence-electron chi connectivity index (χ3n) is 5.42. The molecular weight excluding hydrogens is 422 g/mol. The minimum atomic E-state index is -0.793. The van der Waals surface area contributed by atoms with Crippen LogP contribution in [0.2, 0.25) is 0 Å². The van der Waals surface area contributed by atoms with Crippen molar-refractivity contribution >= 4 is 0 Å². The van der Waals surface area contributed by atoms with Gasteiger partial charge in [0.05, 0.1) is 19.8 Å². The molecule has 7 heteroatoms. The number of aliphatic hydroxyl groups excluding tert-OH is 3. The molecule has 0 spiro atoms. The molecule has 0 heterocycles. The summed E-state index contributed by atoms with van der Waals surface area (Å²) in [5.74, 6) is 1.31. The molecule has 0 saturated carbocycles. The SMILES string of the molecule is COc1ccccc1C(O)COc1ccc(CCNC[C@H](O)c2ccc(O)c(CO)c2)cc1. The zero-order chi connectivity index (χ0) is 23.6. The van der Waals surface area contributed by atoms with Crippen LogP contribution in [0.15, 0.2) is 66.7 Å².